The molecule has 86 valence electrons. The number of carboxylic acid groups (broad SMARTS) is 1. The van der Waals surface area contributed by atoms with Gasteiger partial charge in [-0.05, 0) is 19.1 Å². The molecule has 1 atom stereocenters. The molecule has 0 aromatic heterocycles. The van der Waals surface area contributed by atoms with Gasteiger partial charge in [0.25, 0.3) is 0 Å². The quantitative estimate of drug-likeness (QED) is 0.810. The molecule has 0 fully saturated rings. The van der Waals surface area contributed by atoms with E-state index >= 15 is 0 Å². The Morgan fingerprint density at radius 1 is 1.31 bits per heavy atom. The molecule has 0 aliphatic carbocycles. The van der Waals surface area contributed by atoms with Crippen LogP contribution in [0, 0.1) is 0 Å². The van der Waals surface area contributed by atoms with Crippen LogP contribution in [0.3, 0.4) is 0 Å². The first-order valence-corrected chi connectivity index (χ1v) is 4.84. The number of hydrogen-bond donors (Lipinski definition) is 2. The van der Waals surface area contributed by atoms with E-state index in [1.807, 2.05) is 6.07 Å². The molecule has 0 spiro atoms. The number of carbonyl (C=O) groups excluding carboxylic acids is 1. The molecule has 2 N–H and O–H groups in total. The summed E-state index contributed by atoms with van der Waals surface area (Å²) in [7, 11) is 1.58. The first kappa shape index (κ1) is 12.0. The van der Waals surface area contributed by atoms with Gasteiger partial charge in [0.1, 0.15) is 6.04 Å². The predicted molar refractivity (Wildman–Crippen MR) is 60.5 cm³/mol. The highest BCUT2D eigenvalue weighted by Crippen LogP contribution is 2.10. The standard InChI is InChI=1S/C11H14N2O3/c1-8(10(14)15)12-11(16)13(2)9-6-4-3-5-7-9/h3-8H,1-2H3,(H,12,16)(H,14,15)/t8-/m1/s1. The summed E-state index contributed by atoms with van der Waals surface area (Å²) >= 11 is 0. The summed E-state index contributed by atoms with van der Waals surface area (Å²) in [6.07, 6.45) is 0. The van der Waals surface area contributed by atoms with E-state index in [1.54, 1.807) is 31.3 Å². The second kappa shape index (κ2) is 5.16. The summed E-state index contributed by atoms with van der Waals surface area (Å²) in [6, 6.07) is 7.64. The van der Waals surface area contributed by atoms with Crippen molar-refractivity contribution < 1.29 is 14.7 Å². The smallest absolute Gasteiger partial charge is 0.325 e. The zero-order valence-electron chi connectivity index (χ0n) is 9.18. The number of carbonyl (C=O) groups is 2. The van der Waals surface area contributed by atoms with Gasteiger partial charge < -0.3 is 10.4 Å². The van der Waals surface area contributed by atoms with Gasteiger partial charge in [0.05, 0.1) is 0 Å². The van der Waals surface area contributed by atoms with E-state index in [9.17, 15) is 9.59 Å². The molecule has 0 saturated heterocycles. The van der Waals surface area contributed by atoms with Gasteiger partial charge in [-0.3, -0.25) is 9.69 Å². The lowest BCUT2D eigenvalue weighted by molar-refractivity contribution is -0.138. The number of benzene rings is 1. The minimum absolute atomic E-state index is 0.443. The number of para-hydroxylation sites is 1. The summed E-state index contributed by atoms with van der Waals surface area (Å²) in [4.78, 5) is 23.5. The molecular weight excluding hydrogens is 208 g/mol. The molecule has 5 nitrogen and oxygen atoms in total. The number of urea groups is 1. The van der Waals surface area contributed by atoms with Crippen molar-refractivity contribution in [1.82, 2.24) is 5.32 Å². The maximum atomic E-state index is 11.6. The van der Waals surface area contributed by atoms with Crippen LogP contribution in [0.5, 0.6) is 0 Å². The third-order valence-corrected chi connectivity index (χ3v) is 2.16. The number of aliphatic carboxylic acids is 1. The van der Waals surface area contributed by atoms with Crippen LogP contribution < -0.4 is 10.2 Å². The van der Waals surface area contributed by atoms with Crippen molar-refractivity contribution in [2.75, 3.05) is 11.9 Å². The Morgan fingerprint density at radius 3 is 2.38 bits per heavy atom. The Hall–Kier alpha value is -2.04. The third-order valence-electron chi connectivity index (χ3n) is 2.16. The van der Waals surface area contributed by atoms with Crippen molar-refractivity contribution in [3.63, 3.8) is 0 Å². The molecule has 0 aliphatic heterocycles. The van der Waals surface area contributed by atoms with Gasteiger partial charge in [0, 0.05) is 12.7 Å². The van der Waals surface area contributed by atoms with E-state index in [0.717, 1.165) is 0 Å². The SMILES string of the molecule is C[C@@H](NC(=O)N(C)c1ccccc1)C(=O)O. The average molecular weight is 222 g/mol. The van der Waals surface area contributed by atoms with Crippen LogP contribution in [0.1, 0.15) is 6.92 Å². The van der Waals surface area contributed by atoms with Crippen LogP contribution in [0.4, 0.5) is 10.5 Å². The highest BCUT2D eigenvalue weighted by atomic mass is 16.4. The van der Waals surface area contributed by atoms with Crippen molar-refractivity contribution in [1.29, 1.82) is 0 Å². The molecular formula is C11H14N2O3. The lowest BCUT2D eigenvalue weighted by Crippen LogP contribution is -2.45. The highest BCUT2D eigenvalue weighted by Gasteiger charge is 2.17. The van der Waals surface area contributed by atoms with Crippen LogP contribution in [-0.4, -0.2) is 30.2 Å². The number of rotatable bonds is 3. The van der Waals surface area contributed by atoms with Crippen LogP contribution in [0.2, 0.25) is 0 Å². The molecule has 1 aromatic rings. The van der Waals surface area contributed by atoms with Crippen LogP contribution in [-0.2, 0) is 4.79 Å². The van der Waals surface area contributed by atoms with Crippen LogP contribution in [0.15, 0.2) is 30.3 Å². The molecule has 0 unspecified atom stereocenters. The monoisotopic (exact) mass is 222 g/mol. The first-order valence-electron chi connectivity index (χ1n) is 4.84. The van der Waals surface area contributed by atoms with Crippen LogP contribution in [0.25, 0.3) is 0 Å². The second-order valence-electron chi connectivity index (χ2n) is 3.40. The minimum Gasteiger partial charge on any atom is -0.480 e. The summed E-state index contributed by atoms with van der Waals surface area (Å²) in [5.74, 6) is -1.06. The van der Waals surface area contributed by atoms with Gasteiger partial charge in [0.2, 0.25) is 0 Å². The van der Waals surface area contributed by atoms with Gasteiger partial charge in [-0.15, -0.1) is 0 Å². The number of carboxylic acids is 1. The zero-order chi connectivity index (χ0) is 12.1. The van der Waals surface area contributed by atoms with Gasteiger partial charge in [0.15, 0.2) is 0 Å². The number of hydrogen-bond acceptors (Lipinski definition) is 2. The van der Waals surface area contributed by atoms with Gasteiger partial charge in [-0.1, -0.05) is 18.2 Å². The van der Waals surface area contributed by atoms with Crippen LogP contribution >= 0.6 is 0 Å². The first-order chi connectivity index (χ1) is 7.52. The maximum Gasteiger partial charge on any atom is 0.325 e. The van der Waals surface area contributed by atoms with Gasteiger partial charge in [-0.2, -0.15) is 0 Å². The molecule has 0 saturated carbocycles. The highest BCUT2D eigenvalue weighted by molar-refractivity contribution is 5.93. The summed E-state index contributed by atoms with van der Waals surface area (Å²) in [6.45, 7) is 1.42. The molecule has 0 bridgehead atoms. The van der Waals surface area contributed by atoms with Crippen molar-refractivity contribution >= 4 is 17.7 Å². The molecule has 2 amide bonds. The largest absolute Gasteiger partial charge is 0.480 e. The fraction of sp³-hybridized carbons (Fsp3) is 0.273. The summed E-state index contributed by atoms with van der Waals surface area (Å²) in [5.41, 5.74) is 0.706. The zero-order valence-corrected chi connectivity index (χ0v) is 9.18. The number of anilines is 1. The summed E-state index contributed by atoms with van der Waals surface area (Å²) in [5, 5.41) is 11.0. The van der Waals surface area contributed by atoms with Crippen molar-refractivity contribution in [3.05, 3.63) is 30.3 Å². The Kier molecular flexibility index (Phi) is 3.88. The Labute approximate surface area is 93.7 Å². The topological polar surface area (TPSA) is 69.6 Å². The lowest BCUT2D eigenvalue weighted by Gasteiger charge is -2.19. The average Bonchev–Trinajstić information content (AvgIpc) is 2.28. The Morgan fingerprint density at radius 2 is 1.88 bits per heavy atom. The van der Waals surface area contributed by atoms with Crippen molar-refractivity contribution in [2.45, 2.75) is 13.0 Å². The number of amides is 2. The van der Waals surface area contributed by atoms with E-state index in [0.29, 0.717) is 5.69 Å². The number of nitrogens with one attached hydrogen (secondary N) is 1. The predicted octanol–water partition coefficient (Wildman–Crippen LogP) is 1.31. The van der Waals surface area contributed by atoms with Gasteiger partial charge in [-0.25, -0.2) is 4.79 Å². The minimum atomic E-state index is -1.06. The fourth-order valence-corrected chi connectivity index (χ4v) is 1.11. The van der Waals surface area contributed by atoms with Crippen molar-refractivity contribution in [3.8, 4) is 0 Å². The molecule has 1 rings (SSSR count). The summed E-state index contributed by atoms with van der Waals surface area (Å²) < 4.78 is 0. The molecule has 5 heteroatoms. The van der Waals surface area contributed by atoms with Crippen molar-refractivity contribution in [2.24, 2.45) is 0 Å². The van der Waals surface area contributed by atoms with E-state index in [-0.39, 0.29) is 0 Å². The van der Waals surface area contributed by atoms with E-state index in [1.165, 1.54) is 11.8 Å². The Bertz CT molecular complexity index is 378. The lowest BCUT2D eigenvalue weighted by atomic mass is 10.3. The fourth-order valence-electron chi connectivity index (χ4n) is 1.11. The number of nitrogens with zero attached hydrogens (tertiary/aromatic N) is 1. The van der Waals surface area contributed by atoms with Gasteiger partial charge >= 0.3 is 12.0 Å². The molecule has 0 heterocycles. The molecule has 0 radical (unpaired) electrons. The Balaban J connectivity index is 2.65. The molecule has 0 aliphatic rings. The second-order valence-corrected chi connectivity index (χ2v) is 3.40. The normalized spacial score (nSPS) is 11.6. The van der Waals surface area contributed by atoms with E-state index in [2.05, 4.69) is 5.32 Å². The van der Waals surface area contributed by atoms with E-state index < -0.39 is 18.0 Å². The maximum absolute atomic E-state index is 11.6. The van der Waals surface area contributed by atoms with E-state index in [4.69, 9.17) is 5.11 Å². The molecule has 16 heavy (non-hydrogen) atoms. The molecule has 1 aromatic carbocycles. The third kappa shape index (κ3) is 2.98.